The number of furan rings is 1. The molecule has 1 aromatic carbocycles. The summed E-state index contributed by atoms with van der Waals surface area (Å²) in [5.41, 5.74) is 5.49. The van der Waals surface area contributed by atoms with Gasteiger partial charge in [0.25, 0.3) is 5.91 Å². The SMILES string of the molecule is COC(=O)c1ccc(-c2ccc(/C=C(/C#N)C(=O)Nn3c(C)ccc3C)o2)cc1. The third-order valence-corrected chi connectivity index (χ3v) is 4.35. The quantitative estimate of drug-likeness (QED) is 0.406. The fraction of sp³-hybridized carbons (Fsp3) is 0.136. The first-order valence-electron chi connectivity index (χ1n) is 8.79. The van der Waals surface area contributed by atoms with Gasteiger partial charge < -0.3 is 9.15 Å². The van der Waals surface area contributed by atoms with Crippen LogP contribution in [0.1, 0.15) is 27.5 Å². The topological polar surface area (TPSA) is 97.3 Å². The molecule has 1 N–H and O–H groups in total. The summed E-state index contributed by atoms with van der Waals surface area (Å²) in [5.74, 6) is -0.0418. The first kappa shape index (κ1) is 19.7. The third-order valence-electron chi connectivity index (χ3n) is 4.35. The molecule has 1 amide bonds. The van der Waals surface area contributed by atoms with Gasteiger partial charge in [0.05, 0.1) is 12.7 Å². The molecule has 0 saturated heterocycles. The van der Waals surface area contributed by atoms with Crippen molar-refractivity contribution in [2.75, 3.05) is 12.5 Å². The Bertz CT molecular complexity index is 1110. The van der Waals surface area contributed by atoms with Crippen LogP contribution < -0.4 is 5.43 Å². The predicted molar refractivity (Wildman–Crippen MR) is 107 cm³/mol. The van der Waals surface area contributed by atoms with E-state index in [1.54, 1.807) is 41.1 Å². The normalized spacial score (nSPS) is 11.0. The van der Waals surface area contributed by atoms with Gasteiger partial charge in [0.1, 0.15) is 23.2 Å². The molecular formula is C22H19N3O4. The number of carbonyl (C=O) groups excluding carboxylic acids is 2. The lowest BCUT2D eigenvalue weighted by Crippen LogP contribution is -2.25. The molecule has 7 heteroatoms. The Morgan fingerprint density at radius 3 is 2.31 bits per heavy atom. The molecule has 146 valence electrons. The number of rotatable bonds is 5. The van der Waals surface area contributed by atoms with Gasteiger partial charge in [-0.15, -0.1) is 0 Å². The van der Waals surface area contributed by atoms with Crippen molar-refractivity contribution < 1.29 is 18.7 Å². The summed E-state index contributed by atoms with van der Waals surface area (Å²) < 4.78 is 12.0. The highest BCUT2D eigenvalue weighted by Gasteiger charge is 2.13. The maximum atomic E-state index is 12.4. The van der Waals surface area contributed by atoms with Crippen molar-refractivity contribution in [1.29, 1.82) is 5.26 Å². The van der Waals surface area contributed by atoms with E-state index in [4.69, 9.17) is 4.42 Å². The van der Waals surface area contributed by atoms with Gasteiger partial charge in [0.15, 0.2) is 0 Å². The monoisotopic (exact) mass is 389 g/mol. The van der Waals surface area contributed by atoms with Gasteiger partial charge in [-0.05, 0) is 50.2 Å². The first-order valence-corrected chi connectivity index (χ1v) is 8.79. The van der Waals surface area contributed by atoms with Gasteiger partial charge in [-0.1, -0.05) is 12.1 Å². The number of nitrogens with zero attached hydrogens (tertiary/aromatic N) is 2. The van der Waals surface area contributed by atoms with E-state index in [0.29, 0.717) is 17.1 Å². The number of benzene rings is 1. The molecular weight excluding hydrogens is 370 g/mol. The molecule has 2 aromatic heterocycles. The average molecular weight is 389 g/mol. The van der Waals surface area contributed by atoms with Gasteiger partial charge in [0, 0.05) is 23.0 Å². The Hall–Kier alpha value is -4.05. The average Bonchev–Trinajstić information content (AvgIpc) is 3.33. The lowest BCUT2D eigenvalue weighted by molar-refractivity contribution is -0.113. The van der Waals surface area contributed by atoms with E-state index < -0.39 is 11.9 Å². The molecule has 0 spiro atoms. The van der Waals surface area contributed by atoms with E-state index in [2.05, 4.69) is 10.2 Å². The Morgan fingerprint density at radius 2 is 1.72 bits per heavy atom. The van der Waals surface area contributed by atoms with Crippen LogP contribution in [0.5, 0.6) is 0 Å². The molecule has 0 aliphatic rings. The zero-order valence-corrected chi connectivity index (χ0v) is 16.2. The summed E-state index contributed by atoms with van der Waals surface area (Å²) in [5, 5.41) is 9.38. The number of ether oxygens (including phenoxy) is 1. The van der Waals surface area contributed by atoms with Crippen molar-refractivity contribution >= 4 is 18.0 Å². The summed E-state index contributed by atoms with van der Waals surface area (Å²) in [6.45, 7) is 3.71. The lowest BCUT2D eigenvalue weighted by Gasteiger charge is -2.10. The van der Waals surface area contributed by atoms with Gasteiger partial charge in [-0.25, -0.2) is 4.79 Å². The molecule has 2 heterocycles. The Morgan fingerprint density at radius 1 is 1.07 bits per heavy atom. The maximum Gasteiger partial charge on any atom is 0.337 e. The van der Waals surface area contributed by atoms with Crippen LogP contribution in [0.4, 0.5) is 0 Å². The van der Waals surface area contributed by atoms with Crippen LogP contribution in [-0.2, 0) is 9.53 Å². The number of methoxy groups -OCH3 is 1. The molecule has 0 fully saturated rings. The van der Waals surface area contributed by atoms with Crippen molar-refractivity contribution in [3.8, 4) is 17.4 Å². The van der Waals surface area contributed by atoms with Crippen LogP contribution in [0.15, 0.2) is 58.5 Å². The van der Waals surface area contributed by atoms with E-state index >= 15 is 0 Å². The first-order chi connectivity index (χ1) is 13.9. The number of amides is 1. The number of esters is 1. The van der Waals surface area contributed by atoms with Crippen LogP contribution in [0.3, 0.4) is 0 Å². The molecule has 0 saturated carbocycles. The van der Waals surface area contributed by atoms with Crippen molar-refractivity contribution in [2.24, 2.45) is 0 Å². The van der Waals surface area contributed by atoms with Crippen molar-refractivity contribution in [3.63, 3.8) is 0 Å². The zero-order chi connectivity index (χ0) is 21.0. The molecule has 0 aliphatic heterocycles. The molecule has 3 rings (SSSR count). The maximum absolute atomic E-state index is 12.4. The molecule has 0 atom stereocenters. The fourth-order valence-electron chi connectivity index (χ4n) is 2.77. The van der Waals surface area contributed by atoms with E-state index in [-0.39, 0.29) is 5.57 Å². The minimum atomic E-state index is -0.532. The molecule has 7 nitrogen and oxygen atoms in total. The number of hydrogen-bond acceptors (Lipinski definition) is 5. The number of carbonyl (C=O) groups is 2. The Balaban J connectivity index is 1.79. The highest BCUT2D eigenvalue weighted by atomic mass is 16.5. The van der Waals surface area contributed by atoms with Crippen LogP contribution >= 0.6 is 0 Å². The van der Waals surface area contributed by atoms with Crippen LogP contribution in [0.25, 0.3) is 17.4 Å². The molecule has 0 unspecified atom stereocenters. The van der Waals surface area contributed by atoms with Gasteiger partial charge >= 0.3 is 5.97 Å². The molecule has 29 heavy (non-hydrogen) atoms. The summed E-state index contributed by atoms with van der Waals surface area (Å²) in [4.78, 5) is 24.0. The largest absolute Gasteiger partial charge is 0.465 e. The second kappa shape index (κ2) is 8.31. The third kappa shape index (κ3) is 4.28. The van der Waals surface area contributed by atoms with Gasteiger partial charge in [0.2, 0.25) is 0 Å². The highest BCUT2D eigenvalue weighted by Crippen LogP contribution is 2.24. The fourth-order valence-corrected chi connectivity index (χ4v) is 2.77. The number of hydrogen-bond donors (Lipinski definition) is 1. The van der Waals surface area contributed by atoms with Crippen LogP contribution in [-0.4, -0.2) is 23.7 Å². The molecule has 0 bridgehead atoms. The number of nitriles is 1. The van der Waals surface area contributed by atoms with Gasteiger partial charge in [-0.2, -0.15) is 5.26 Å². The number of aryl methyl sites for hydroxylation is 2. The standard InChI is InChI=1S/C22H19N3O4/c1-14-4-5-15(2)25(14)24-21(26)18(13-23)12-19-10-11-20(29-19)16-6-8-17(9-7-16)22(27)28-3/h4-12H,1-3H3,(H,24,26)/b18-12-. The Labute approximate surface area is 167 Å². The second-order valence-electron chi connectivity index (χ2n) is 6.33. The van der Waals surface area contributed by atoms with Crippen LogP contribution in [0.2, 0.25) is 0 Å². The zero-order valence-electron chi connectivity index (χ0n) is 16.2. The van der Waals surface area contributed by atoms with Crippen LogP contribution in [0, 0.1) is 25.2 Å². The molecule has 0 aliphatic carbocycles. The number of nitrogens with one attached hydrogen (secondary N) is 1. The minimum Gasteiger partial charge on any atom is -0.465 e. The van der Waals surface area contributed by atoms with Crippen molar-refractivity contribution in [1.82, 2.24) is 4.68 Å². The molecule has 0 radical (unpaired) electrons. The summed E-state index contributed by atoms with van der Waals surface area (Å²) in [6.07, 6.45) is 1.38. The van der Waals surface area contributed by atoms with E-state index in [9.17, 15) is 14.9 Å². The minimum absolute atomic E-state index is 0.0839. The second-order valence-corrected chi connectivity index (χ2v) is 6.33. The summed E-state index contributed by atoms with van der Waals surface area (Å²) in [6, 6.07) is 15.8. The predicted octanol–water partition coefficient (Wildman–Crippen LogP) is 3.83. The summed E-state index contributed by atoms with van der Waals surface area (Å²) in [7, 11) is 1.32. The smallest absolute Gasteiger partial charge is 0.337 e. The van der Waals surface area contributed by atoms with Crippen molar-refractivity contribution in [2.45, 2.75) is 13.8 Å². The molecule has 3 aromatic rings. The number of aromatic nitrogens is 1. The van der Waals surface area contributed by atoms with E-state index in [0.717, 1.165) is 17.0 Å². The van der Waals surface area contributed by atoms with E-state index in [1.807, 2.05) is 32.0 Å². The van der Waals surface area contributed by atoms with Gasteiger partial charge in [-0.3, -0.25) is 14.9 Å². The highest BCUT2D eigenvalue weighted by molar-refractivity contribution is 6.06. The lowest BCUT2D eigenvalue weighted by atomic mass is 10.1. The Kier molecular flexibility index (Phi) is 5.65. The summed E-state index contributed by atoms with van der Waals surface area (Å²) >= 11 is 0. The van der Waals surface area contributed by atoms with E-state index in [1.165, 1.54) is 13.2 Å². The van der Waals surface area contributed by atoms with Crippen molar-refractivity contribution in [3.05, 3.63) is 76.8 Å².